The molecule has 0 bridgehead atoms. The molecule has 0 aromatic heterocycles. The van der Waals surface area contributed by atoms with Gasteiger partial charge in [0.1, 0.15) is 0 Å². The van der Waals surface area contributed by atoms with E-state index in [0.29, 0.717) is 12.1 Å². The normalized spacial score (nSPS) is 16.8. The second-order valence-electron chi connectivity index (χ2n) is 6.79. The Kier molecular flexibility index (Phi) is 7.90. The molecule has 0 spiro atoms. The molecule has 2 rings (SSSR count). The van der Waals surface area contributed by atoms with Crippen LogP contribution in [0.1, 0.15) is 75.1 Å². The lowest BCUT2D eigenvalue weighted by molar-refractivity contribution is 0.0930. The number of unbranched alkanes of at least 4 members (excludes halogenated alkanes) is 1. The summed E-state index contributed by atoms with van der Waals surface area (Å²) in [6, 6.07) is 6.48. The number of carbonyl (C=O) groups excluding carboxylic acids is 1. The number of hydrogen-bond acceptors (Lipinski definition) is 3. The van der Waals surface area contributed by atoms with E-state index in [4.69, 9.17) is 0 Å². The summed E-state index contributed by atoms with van der Waals surface area (Å²) in [6.45, 7) is 2.42. The van der Waals surface area contributed by atoms with Crippen LogP contribution < -0.4 is 10.0 Å². The lowest BCUT2D eigenvalue weighted by atomic mass is 9.96. The molecule has 6 heteroatoms. The third-order valence-corrected chi connectivity index (χ3v) is 6.13. The number of benzene rings is 1. The maximum Gasteiger partial charge on any atom is 0.251 e. The minimum atomic E-state index is -3.56. The van der Waals surface area contributed by atoms with Crippen molar-refractivity contribution in [1.82, 2.24) is 10.0 Å². The van der Waals surface area contributed by atoms with Crippen molar-refractivity contribution < 1.29 is 13.2 Å². The third kappa shape index (κ3) is 6.44. The summed E-state index contributed by atoms with van der Waals surface area (Å²) in [4.78, 5) is 12.7. The molecular weight excluding hydrogens is 336 g/mol. The lowest BCUT2D eigenvalue weighted by Crippen LogP contribution is -2.35. The Balaban J connectivity index is 2.02. The average molecular weight is 367 g/mol. The van der Waals surface area contributed by atoms with E-state index in [1.807, 2.05) is 6.92 Å². The molecule has 1 aromatic carbocycles. The van der Waals surface area contributed by atoms with Crippen LogP contribution in [0.25, 0.3) is 0 Å². The van der Waals surface area contributed by atoms with Gasteiger partial charge >= 0.3 is 0 Å². The van der Waals surface area contributed by atoms with Crippen molar-refractivity contribution in [3.05, 3.63) is 29.8 Å². The zero-order valence-corrected chi connectivity index (χ0v) is 15.9. The van der Waals surface area contributed by atoms with Gasteiger partial charge in [-0.15, -0.1) is 0 Å². The molecule has 1 aliphatic carbocycles. The minimum Gasteiger partial charge on any atom is -0.349 e. The fourth-order valence-electron chi connectivity index (χ4n) is 3.14. The number of rotatable bonds is 7. The Morgan fingerprint density at radius 2 is 1.80 bits per heavy atom. The maximum atomic E-state index is 12.5. The molecule has 0 radical (unpaired) electrons. The van der Waals surface area contributed by atoms with E-state index in [-0.39, 0.29) is 16.8 Å². The summed E-state index contributed by atoms with van der Waals surface area (Å²) >= 11 is 0. The number of hydrogen-bond donors (Lipinski definition) is 2. The number of carbonyl (C=O) groups is 1. The summed E-state index contributed by atoms with van der Waals surface area (Å²) in [7, 11) is -3.56. The van der Waals surface area contributed by atoms with Gasteiger partial charge in [0.05, 0.1) is 4.90 Å². The molecule has 1 aliphatic rings. The molecule has 1 aromatic rings. The van der Waals surface area contributed by atoms with Crippen molar-refractivity contribution in [3.8, 4) is 0 Å². The number of amides is 1. The molecule has 0 unspecified atom stereocenters. The quantitative estimate of drug-likeness (QED) is 0.724. The first-order chi connectivity index (χ1) is 12.0. The molecule has 2 N–H and O–H groups in total. The topological polar surface area (TPSA) is 75.3 Å². The Hall–Kier alpha value is -1.40. The van der Waals surface area contributed by atoms with Crippen molar-refractivity contribution in [2.75, 3.05) is 6.54 Å². The van der Waals surface area contributed by atoms with Crippen molar-refractivity contribution in [1.29, 1.82) is 0 Å². The monoisotopic (exact) mass is 366 g/mol. The SMILES string of the molecule is CCCCNS(=O)(=O)c1cccc(C(=O)NC2CCCCCCC2)c1. The van der Waals surface area contributed by atoms with Gasteiger partial charge in [0.2, 0.25) is 10.0 Å². The van der Waals surface area contributed by atoms with E-state index in [2.05, 4.69) is 10.0 Å². The minimum absolute atomic E-state index is 0.147. The van der Waals surface area contributed by atoms with Crippen molar-refractivity contribution in [2.24, 2.45) is 0 Å². The Bertz CT molecular complexity index is 650. The Morgan fingerprint density at radius 1 is 1.12 bits per heavy atom. The van der Waals surface area contributed by atoms with Crippen LogP contribution in [0.15, 0.2) is 29.2 Å². The van der Waals surface area contributed by atoms with E-state index < -0.39 is 10.0 Å². The van der Waals surface area contributed by atoms with E-state index in [1.165, 1.54) is 31.4 Å². The van der Waals surface area contributed by atoms with Crippen LogP contribution in [0.5, 0.6) is 0 Å². The van der Waals surface area contributed by atoms with E-state index in [9.17, 15) is 13.2 Å². The van der Waals surface area contributed by atoms with Gasteiger partial charge in [0.25, 0.3) is 5.91 Å². The molecular formula is C19H30N2O3S. The number of nitrogens with one attached hydrogen (secondary N) is 2. The van der Waals surface area contributed by atoms with Gasteiger partial charge in [-0.3, -0.25) is 4.79 Å². The highest BCUT2D eigenvalue weighted by Gasteiger charge is 2.18. The van der Waals surface area contributed by atoms with Crippen molar-refractivity contribution in [2.45, 2.75) is 75.6 Å². The summed E-state index contributed by atoms with van der Waals surface area (Å²) in [5.41, 5.74) is 0.403. The highest BCUT2D eigenvalue weighted by molar-refractivity contribution is 7.89. The standard InChI is InChI=1S/C19H30N2O3S/c1-2-3-14-20-25(23,24)18-13-9-10-16(15-18)19(22)21-17-11-7-5-4-6-8-12-17/h9-10,13,15,17,20H,2-8,11-12,14H2,1H3,(H,21,22). The molecule has 140 valence electrons. The molecule has 0 heterocycles. The molecule has 25 heavy (non-hydrogen) atoms. The van der Waals surface area contributed by atoms with Gasteiger partial charge in [-0.1, -0.05) is 51.5 Å². The van der Waals surface area contributed by atoms with E-state index >= 15 is 0 Å². The largest absolute Gasteiger partial charge is 0.349 e. The van der Waals surface area contributed by atoms with Gasteiger partial charge in [-0.05, 0) is 37.5 Å². The van der Waals surface area contributed by atoms with Gasteiger partial charge in [-0.25, -0.2) is 13.1 Å². The number of sulfonamides is 1. The zero-order chi connectivity index (χ0) is 18.1. The van der Waals surface area contributed by atoms with Crippen LogP contribution in [0.2, 0.25) is 0 Å². The first kappa shape index (κ1) is 19.9. The summed E-state index contributed by atoms with van der Waals surface area (Å²) in [5.74, 6) is -0.184. The summed E-state index contributed by atoms with van der Waals surface area (Å²) in [5, 5.41) is 3.08. The fraction of sp³-hybridized carbons (Fsp3) is 0.632. The van der Waals surface area contributed by atoms with Crippen LogP contribution in [-0.2, 0) is 10.0 Å². The van der Waals surface area contributed by atoms with Gasteiger partial charge < -0.3 is 5.32 Å². The fourth-order valence-corrected chi connectivity index (χ4v) is 4.26. The highest BCUT2D eigenvalue weighted by Crippen LogP contribution is 2.18. The first-order valence-corrected chi connectivity index (χ1v) is 10.9. The molecule has 5 nitrogen and oxygen atoms in total. The Labute approximate surface area is 151 Å². The predicted molar refractivity (Wildman–Crippen MR) is 100 cm³/mol. The van der Waals surface area contributed by atoms with Gasteiger partial charge in [0, 0.05) is 18.2 Å². The third-order valence-electron chi connectivity index (χ3n) is 4.67. The highest BCUT2D eigenvalue weighted by atomic mass is 32.2. The zero-order valence-electron chi connectivity index (χ0n) is 15.1. The summed E-state index contributed by atoms with van der Waals surface area (Å²) < 4.78 is 27.2. The van der Waals surface area contributed by atoms with Crippen LogP contribution in [0.3, 0.4) is 0 Å². The first-order valence-electron chi connectivity index (χ1n) is 9.43. The van der Waals surface area contributed by atoms with Crippen LogP contribution in [-0.4, -0.2) is 26.9 Å². The second kappa shape index (κ2) is 9.92. The molecule has 1 amide bonds. The van der Waals surface area contributed by atoms with Gasteiger partial charge in [0.15, 0.2) is 0 Å². The van der Waals surface area contributed by atoms with Crippen molar-refractivity contribution >= 4 is 15.9 Å². The second-order valence-corrected chi connectivity index (χ2v) is 8.56. The Morgan fingerprint density at radius 3 is 2.48 bits per heavy atom. The molecule has 1 saturated carbocycles. The smallest absolute Gasteiger partial charge is 0.251 e. The molecule has 0 atom stereocenters. The molecule has 1 fully saturated rings. The van der Waals surface area contributed by atoms with Gasteiger partial charge in [-0.2, -0.15) is 0 Å². The van der Waals surface area contributed by atoms with E-state index in [1.54, 1.807) is 12.1 Å². The predicted octanol–water partition coefficient (Wildman–Crippen LogP) is 3.61. The van der Waals surface area contributed by atoms with Crippen LogP contribution in [0, 0.1) is 0 Å². The molecule has 0 aliphatic heterocycles. The summed E-state index contributed by atoms with van der Waals surface area (Å²) in [6.07, 6.45) is 9.73. The van der Waals surface area contributed by atoms with Crippen molar-refractivity contribution in [3.63, 3.8) is 0 Å². The van der Waals surface area contributed by atoms with Crippen LogP contribution >= 0.6 is 0 Å². The van der Waals surface area contributed by atoms with E-state index in [0.717, 1.165) is 38.5 Å². The average Bonchev–Trinajstić information content (AvgIpc) is 2.57. The van der Waals surface area contributed by atoms with Crippen LogP contribution in [0.4, 0.5) is 0 Å². The molecule has 0 saturated heterocycles. The lowest BCUT2D eigenvalue weighted by Gasteiger charge is -2.21. The maximum absolute atomic E-state index is 12.5.